The summed E-state index contributed by atoms with van der Waals surface area (Å²) in [6.07, 6.45) is 8.98. The summed E-state index contributed by atoms with van der Waals surface area (Å²) in [4.78, 5) is 6.69. The van der Waals surface area contributed by atoms with Crippen LogP contribution in [0.1, 0.15) is 45.1 Å². The molecule has 1 fully saturated rings. The molecule has 1 aliphatic rings. The average Bonchev–Trinajstić information content (AvgIpc) is 2.47. The molecule has 2 rings (SSSR count). The molecule has 106 valence electrons. The number of hydrogen-bond donors (Lipinski definition) is 1. The predicted octanol–water partition coefficient (Wildman–Crippen LogP) is 2.81. The second-order valence-electron chi connectivity index (χ2n) is 5.82. The second-order valence-corrected chi connectivity index (χ2v) is 5.82. The molecule has 1 aromatic rings. The lowest BCUT2D eigenvalue weighted by atomic mass is 9.72. The smallest absolute Gasteiger partial charge is 0.0360 e. The van der Waals surface area contributed by atoms with Crippen molar-refractivity contribution in [2.75, 3.05) is 13.1 Å². The van der Waals surface area contributed by atoms with Gasteiger partial charge in [0.15, 0.2) is 0 Å². The van der Waals surface area contributed by atoms with Gasteiger partial charge in [-0.15, -0.1) is 0 Å². The van der Waals surface area contributed by atoms with Crippen molar-refractivity contribution < 1.29 is 0 Å². The van der Waals surface area contributed by atoms with Gasteiger partial charge in [0, 0.05) is 31.0 Å². The standard InChI is InChI=1S/C16H27N3/c1-3-19(12-15-7-10-18-11-8-15)16(13-17)9-5-4-6-14(16)2/h7-8,10-11,14H,3-6,9,12-13,17H2,1-2H3. The van der Waals surface area contributed by atoms with E-state index >= 15 is 0 Å². The van der Waals surface area contributed by atoms with Crippen LogP contribution >= 0.6 is 0 Å². The van der Waals surface area contributed by atoms with Gasteiger partial charge in [-0.2, -0.15) is 0 Å². The first kappa shape index (κ1) is 14.5. The Labute approximate surface area is 117 Å². The summed E-state index contributed by atoms with van der Waals surface area (Å²) in [6.45, 7) is 7.44. The van der Waals surface area contributed by atoms with Crippen LogP contribution in [-0.2, 0) is 6.54 Å². The van der Waals surface area contributed by atoms with Gasteiger partial charge in [0.05, 0.1) is 0 Å². The lowest BCUT2D eigenvalue weighted by Gasteiger charge is -2.50. The van der Waals surface area contributed by atoms with Crippen molar-refractivity contribution in [1.29, 1.82) is 0 Å². The van der Waals surface area contributed by atoms with Gasteiger partial charge >= 0.3 is 0 Å². The summed E-state index contributed by atoms with van der Waals surface area (Å²) >= 11 is 0. The lowest BCUT2D eigenvalue weighted by Crippen LogP contribution is -2.58. The quantitative estimate of drug-likeness (QED) is 0.886. The summed E-state index contributed by atoms with van der Waals surface area (Å²) in [6, 6.07) is 4.22. The molecule has 0 bridgehead atoms. The van der Waals surface area contributed by atoms with E-state index in [2.05, 4.69) is 35.9 Å². The van der Waals surface area contributed by atoms with Crippen LogP contribution in [0.3, 0.4) is 0 Å². The molecule has 3 heteroatoms. The number of nitrogens with two attached hydrogens (primary N) is 1. The van der Waals surface area contributed by atoms with Crippen molar-refractivity contribution in [3.05, 3.63) is 30.1 Å². The molecule has 1 saturated carbocycles. The number of nitrogens with zero attached hydrogens (tertiary/aromatic N) is 2. The third-order valence-electron chi connectivity index (χ3n) is 4.90. The Balaban J connectivity index is 2.18. The molecule has 0 spiro atoms. The van der Waals surface area contributed by atoms with Gasteiger partial charge in [-0.3, -0.25) is 9.88 Å². The number of pyridine rings is 1. The highest BCUT2D eigenvalue weighted by Crippen LogP contribution is 2.38. The number of rotatable bonds is 5. The highest BCUT2D eigenvalue weighted by molar-refractivity contribution is 5.11. The van der Waals surface area contributed by atoms with Gasteiger partial charge < -0.3 is 5.73 Å². The fraction of sp³-hybridized carbons (Fsp3) is 0.688. The fourth-order valence-electron chi connectivity index (χ4n) is 3.59. The minimum Gasteiger partial charge on any atom is -0.329 e. The molecule has 2 atom stereocenters. The zero-order chi connectivity index (χ0) is 13.7. The van der Waals surface area contributed by atoms with E-state index < -0.39 is 0 Å². The summed E-state index contributed by atoms with van der Waals surface area (Å²) in [5.41, 5.74) is 7.73. The third kappa shape index (κ3) is 2.98. The molecule has 19 heavy (non-hydrogen) atoms. The molecule has 1 aliphatic carbocycles. The Morgan fingerprint density at radius 1 is 1.37 bits per heavy atom. The zero-order valence-electron chi connectivity index (χ0n) is 12.3. The van der Waals surface area contributed by atoms with Crippen LogP contribution in [0.15, 0.2) is 24.5 Å². The predicted molar refractivity (Wildman–Crippen MR) is 79.7 cm³/mol. The van der Waals surface area contributed by atoms with Crippen molar-refractivity contribution >= 4 is 0 Å². The van der Waals surface area contributed by atoms with E-state index in [9.17, 15) is 0 Å². The summed E-state index contributed by atoms with van der Waals surface area (Å²) in [5.74, 6) is 0.688. The van der Waals surface area contributed by atoms with Gasteiger partial charge in [-0.1, -0.05) is 26.7 Å². The molecular formula is C16H27N3. The van der Waals surface area contributed by atoms with E-state index in [1.54, 1.807) is 0 Å². The van der Waals surface area contributed by atoms with E-state index in [4.69, 9.17) is 5.73 Å². The number of aromatic nitrogens is 1. The minimum absolute atomic E-state index is 0.191. The molecule has 2 N–H and O–H groups in total. The van der Waals surface area contributed by atoms with Crippen LogP contribution in [-0.4, -0.2) is 28.5 Å². The highest BCUT2D eigenvalue weighted by atomic mass is 15.2. The Kier molecular flexibility index (Phi) is 4.94. The molecule has 0 aliphatic heterocycles. The lowest BCUT2D eigenvalue weighted by molar-refractivity contribution is 0.0106. The normalized spacial score (nSPS) is 27.7. The summed E-state index contributed by atoms with van der Waals surface area (Å²) < 4.78 is 0. The van der Waals surface area contributed by atoms with Crippen LogP contribution in [0.4, 0.5) is 0 Å². The first-order chi connectivity index (χ1) is 9.23. The molecule has 0 aromatic carbocycles. The van der Waals surface area contributed by atoms with Crippen molar-refractivity contribution in [1.82, 2.24) is 9.88 Å². The molecular weight excluding hydrogens is 234 g/mol. The van der Waals surface area contributed by atoms with Crippen molar-refractivity contribution in [3.8, 4) is 0 Å². The average molecular weight is 261 g/mol. The number of likely N-dealkylation sites (N-methyl/N-ethyl adjacent to an activating group) is 1. The Bertz CT molecular complexity index is 379. The highest BCUT2D eigenvalue weighted by Gasteiger charge is 2.41. The van der Waals surface area contributed by atoms with Crippen LogP contribution < -0.4 is 5.73 Å². The van der Waals surface area contributed by atoms with Gasteiger partial charge in [-0.05, 0) is 43.0 Å². The molecule has 0 radical (unpaired) electrons. The maximum absolute atomic E-state index is 6.20. The van der Waals surface area contributed by atoms with Gasteiger partial charge in [0.2, 0.25) is 0 Å². The number of hydrogen-bond acceptors (Lipinski definition) is 3. The molecule has 2 unspecified atom stereocenters. The fourth-order valence-corrected chi connectivity index (χ4v) is 3.59. The molecule has 1 aromatic heterocycles. The van der Waals surface area contributed by atoms with Crippen LogP contribution in [0, 0.1) is 5.92 Å². The van der Waals surface area contributed by atoms with Crippen LogP contribution in [0.2, 0.25) is 0 Å². The molecule has 1 heterocycles. The van der Waals surface area contributed by atoms with E-state index in [1.807, 2.05) is 12.4 Å². The Morgan fingerprint density at radius 2 is 2.11 bits per heavy atom. The second kappa shape index (κ2) is 6.49. The largest absolute Gasteiger partial charge is 0.329 e. The van der Waals surface area contributed by atoms with Crippen molar-refractivity contribution in [2.24, 2.45) is 11.7 Å². The van der Waals surface area contributed by atoms with Crippen molar-refractivity contribution in [2.45, 2.75) is 51.6 Å². The first-order valence-corrected chi connectivity index (χ1v) is 7.57. The Morgan fingerprint density at radius 3 is 2.68 bits per heavy atom. The maximum atomic E-state index is 6.20. The summed E-state index contributed by atoms with van der Waals surface area (Å²) in [7, 11) is 0. The van der Waals surface area contributed by atoms with Gasteiger partial charge in [0.1, 0.15) is 0 Å². The van der Waals surface area contributed by atoms with Gasteiger partial charge in [0.25, 0.3) is 0 Å². The topological polar surface area (TPSA) is 42.2 Å². The molecule has 0 amide bonds. The molecule has 0 saturated heterocycles. The van der Waals surface area contributed by atoms with Gasteiger partial charge in [-0.25, -0.2) is 0 Å². The first-order valence-electron chi connectivity index (χ1n) is 7.57. The van der Waals surface area contributed by atoms with E-state index in [0.717, 1.165) is 19.6 Å². The monoisotopic (exact) mass is 261 g/mol. The van der Waals surface area contributed by atoms with Crippen molar-refractivity contribution in [3.63, 3.8) is 0 Å². The SMILES string of the molecule is CCN(Cc1ccncc1)C1(CN)CCCCC1C. The minimum atomic E-state index is 0.191. The zero-order valence-corrected chi connectivity index (χ0v) is 12.3. The van der Waals surface area contributed by atoms with E-state index in [-0.39, 0.29) is 5.54 Å². The maximum Gasteiger partial charge on any atom is 0.0360 e. The molecule has 3 nitrogen and oxygen atoms in total. The summed E-state index contributed by atoms with van der Waals surface area (Å²) in [5, 5.41) is 0. The van der Waals surface area contributed by atoms with E-state index in [1.165, 1.54) is 31.2 Å². The van der Waals surface area contributed by atoms with Crippen LogP contribution in [0.25, 0.3) is 0 Å². The van der Waals surface area contributed by atoms with E-state index in [0.29, 0.717) is 5.92 Å². The van der Waals surface area contributed by atoms with Crippen LogP contribution in [0.5, 0.6) is 0 Å². The Hall–Kier alpha value is -0.930. The third-order valence-corrected chi connectivity index (χ3v) is 4.90.